The Bertz CT molecular complexity index is 990. The zero-order chi connectivity index (χ0) is 20.3. The molecule has 0 saturated heterocycles. The molecule has 0 aliphatic rings. The lowest BCUT2D eigenvalue weighted by molar-refractivity contribution is -0.275. The lowest BCUT2D eigenvalue weighted by Crippen LogP contribution is -2.18. The summed E-state index contributed by atoms with van der Waals surface area (Å²) in [5.41, 5.74) is 0.569. The van der Waals surface area contributed by atoms with Crippen LogP contribution in [0, 0.1) is 0 Å². The highest BCUT2D eigenvalue weighted by atomic mass is 35.5. The first-order valence-electron chi connectivity index (χ1n) is 7.64. The number of halogens is 4. The van der Waals surface area contributed by atoms with E-state index in [1.54, 1.807) is 24.3 Å². The summed E-state index contributed by atoms with van der Waals surface area (Å²) in [5.74, 6) is -1.70. The number of carboxylic acids is 1. The first kappa shape index (κ1) is 19.5. The average Bonchev–Trinajstić information content (AvgIpc) is 3.11. The first-order valence-corrected chi connectivity index (χ1v) is 8.02. The van der Waals surface area contributed by atoms with Gasteiger partial charge in [-0.05, 0) is 36.4 Å². The van der Waals surface area contributed by atoms with Gasteiger partial charge in [0.1, 0.15) is 24.4 Å². The number of carbonyl (C=O) groups is 1. The molecule has 0 radical (unpaired) electrons. The molecule has 3 rings (SSSR count). The van der Waals surface area contributed by atoms with Crippen molar-refractivity contribution < 1.29 is 32.5 Å². The van der Waals surface area contributed by atoms with E-state index in [2.05, 4.69) is 14.8 Å². The number of hydrogen-bond acceptors (Lipinski definition) is 5. The number of aromatic carboxylic acids is 1. The average molecular weight is 414 g/mol. The Morgan fingerprint density at radius 3 is 2.50 bits per heavy atom. The molecule has 0 aliphatic carbocycles. The topological polar surface area (TPSA) is 86.5 Å². The summed E-state index contributed by atoms with van der Waals surface area (Å²) in [4.78, 5) is 14.5. The molecule has 0 fully saturated rings. The Balaban J connectivity index is 1.72. The number of ether oxygens (including phenoxy) is 2. The first-order chi connectivity index (χ1) is 13.2. The lowest BCUT2D eigenvalue weighted by atomic mass is 10.2. The number of aromatic nitrogens is 3. The molecule has 0 unspecified atom stereocenters. The van der Waals surface area contributed by atoms with Gasteiger partial charge in [0, 0.05) is 0 Å². The van der Waals surface area contributed by atoms with Gasteiger partial charge in [-0.25, -0.2) is 14.5 Å². The second kappa shape index (κ2) is 7.77. The van der Waals surface area contributed by atoms with Crippen LogP contribution in [0.25, 0.3) is 5.69 Å². The molecule has 0 atom stereocenters. The van der Waals surface area contributed by atoms with Crippen LogP contribution in [0.1, 0.15) is 16.2 Å². The third kappa shape index (κ3) is 4.71. The highest BCUT2D eigenvalue weighted by Crippen LogP contribution is 2.32. The van der Waals surface area contributed by atoms with Gasteiger partial charge < -0.3 is 14.6 Å². The molecule has 0 aliphatic heterocycles. The van der Waals surface area contributed by atoms with Gasteiger partial charge in [-0.15, -0.1) is 18.3 Å². The van der Waals surface area contributed by atoms with Crippen molar-refractivity contribution >= 4 is 17.6 Å². The zero-order valence-corrected chi connectivity index (χ0v) is 14.6. The van der Waals surface area contributed by atoms with E-state index in [-0.39, 0.29) is 23.0 Å². The monoisotopic (exact) mass is 413 g/mol. The molecule has 11 heteroatoms. The Hall–Kier alpha value is -3.27. The molecular formula is C17H11ClF3N3O4. The van der Waals surface area contributed by atoms with Gasteiger partial charge in [-0.1, -0.05) is 17.7 Å². The predicted molar refractivity (Wildman–Crippen MR) is 90.8 cm³/mol. The Morgan fingerprint density at radius 1 is 1.18 bits per heavy atom. The highest BCUT2D eigenvalue weighted by Gasteiger charge is 2.32. The van der Waals surface area contributed by atoms with Crippen molar-refractivity contribution in [1.82, 2.24) is 14.8 Å². The fourth-order valence-electron chi connectivity index (χ4n) is 2.24. The molecule has 0 spiro atoms. The molecular weight excluding hydrogens is 403 g/mol. The Morgan fingerprint density at radius 2 is 1.89 bits per heavy atom. The summed E-state index contributed by atoms with van der Waals surface area (Å²) in [6, 6.07) is 10.1. The van der Waals surface area contributed by atoms with Crippen molar-refractivity contribution in [2.45, 2.75) is 13.0 Å². The number of alkyl halides is 3. The Labute approximate surface area is 160 Å². The zero-order valence-electron chi connectivity index (χ0n) is 13.9. The van der Waals surface area contributed by atoms with Crippen LogP contribution in [0.4, 0.5) is 13.2 Å². The smallest absolute Gasteiger partial charge is 0.489 e. The minimum Gasteiger partial charge on any atom is -0.489 e. The van der Waals surface area contributed by atoms with Crippen LogP contribution in [0.5, 0.6) is 11.5 Å². The van der Waals surface area contributed by atoms with Crippen LogP contribution in [0.15, 0.2) is 48.8 Å². The van der Waals surface area contributed by atoms with Gasteiger partial charge in [0.2, 0.25) is 0 Å². The molecule has 0 bridgehead atoms. The predicted octanol–water partition coefficient (Wildman–Crippen LogP) is 4.10. The fourth-order valence-corrected chi connectivity index (χ4v) is 2.46. The SMILES string of the molecule is O=C(O)c1ncn(-c2ccc(OCc3c(Cl)cccc3OC(F)(F)F)cc2)n1. The Kier molecular flexibility index (Phi) is 5.41. The third-order valence-electron chi connectivity index (χ3n) is 3.47. The maximum atomic E-state index is 12.5. The summed E-state index contributed by atoms with van der Waals surface area (Å²) in [6.45, 7) is -0.253. The molecule has 146 valence electrons. The molecule has 0 saturated carbocycles. The second-order valence-corrected chi connectivity index (χ2v) is 5.77. The molecule has 0 amide bonds. The number of nitrogens with zero attached hydrogens (tertiary/aromatic N) is 3. The van der Waals surface area contributed by atoms with Gasteiger partial charge in [-0.2, -0.15) is 0 Å². The van der Waals surface area contributed by atoms with Crippen molar-refractivity contribution in [1.29, 1.82) is 0 Å². The summed E-state index contributed by atoms with van der Waals surface area (Å²) in [7, 11) is 0. The van der Waals surface area contributed by atoms with E-state index in [9.17, 15) is 18.0 Å². The summed E-state index contributed by atoms with van der Waals surface area (Å²) in [6.07, 6.45) is -3.61. The fraction of sp³-hybridized carbons (Fsp3) is 0.118. The van der Waals surface area contributed by atoms with Crippen LogP contribution in [0.2, 0.25) is 5.02 Å². The molecule has 1 N–H and O–H groups in total. The van der Waals surface area contributed by atoms with Gasteiger partial charge in [-0.3, -0.25) is 0 Å². The van der Waals surface area contributed by atoms with Gasteiger partial charge in [0.25, 0.3) is 5.82 Å². The minimum atomic E-state index is -4.85. The molecule has 28 heavy (non-hydrogen) atoms. The molecule has 7 nitrogen and oxygen atoms in total. The summed E-state index contributed by atoms with van der Waals surface area (Å²) >= 11 is 5.96. The summed E-state index contributed by atoms with van der Waals surface area (Å²) < 4.78 is 48.3. The lowest BCUT2D eigenvalue weighted by Gasteiger charge is -2.15. The number of benzene rings is 2. The molecule has 2 aromatic carbocycles. The second-order valence-electron chi connectivity index (χ2n) is 5.36. The highest BCUT2D eigenvalue weighted by molar-refractivity contribution is 6.31. The van der Waals surface area contributed by atoms with Crippen molar-refractivity contribution in [2.75, 3.05) is 0 Å². The van der Waals surface area contributed by atoms with Crippen molar-refractivity contribution in [3.63, 3.8) is 0 Å². The largest absolute Gasteiger partial charge is 0.573 e. The van der Waals surface area contributed by atoms with E-state index in [1.807, 2.05) is 0 Å². The standard InChI is InChI=1S/C17H11ClF3N3O4/c18-13-2-1-3-14(28-17(19,20)21)12(13)8-27-11-6-4-10(5-7-11)24-9-22-15(23-24)16(25)26/h1-7,9H,8H2,(H,25,26). The van der Waals surface area contributed by atoms with E-state index in [1.165, 1.54) is 23.1 Å². The number of hydrogen-bond donors (Lipinski definition) is 1. The molecule has 1 aromatic heterocycles. The van der Waals surface area contributed by atoms with Crippen molar-refractivity contribution in [3.8, 4) is 17.2 Å². The summed E-state index contributed by atoms with van der Waals surface area (Å²) in [5, 5.41) is 12.7. The number of rotatable bonds is 6. The van der Waals surface area contributed by atoms with E-state index < -0.39 is 18.1 Å². The van der Waals surface area contributed by atoms with E-state index in [0.29, 0.717) is 11.4 Å². The van der Waals surface area contributed by atoms with Crippen LogP contribution >= 0.6 is 11.6 Å². The maximum Gasteiger partial charge on any atom is 0.573 e. The minimum absolute atomic E-state index is 0.0490. The molecule has 3 aromatic rings. The van der Waals surface area contributed by atoms with Crippen molar-refractivity contribution in [3.05, 3.63) is 65.2 Å². The van der Waals surface area contributed by atoms with Crippen molar-refractivity contribution in [2.24, 2.45) is 0 Å². The van der Waals surface area contributed by atoms with Gasteiger partial charge in [0.05, 0.1) is 16.3 Å². The van der Waals surface area contributed by atoms with Crippen LogP contribution in [-0.4, -0.2) is 32.2 Å². The number of carboxylic acid groups (broad SMARTS) is 1. The van der Waals surface area contributed by atoms with E-state index >= 15 is 0 Å². The van der Waals surface area contributed by atoms with Gasteiger partial charge in [0.15, 0.2) is 0 Å². The maximum absolute atomic E-state index is 12.5. The van der Waals surface area contributed by atoms with E-state index in [4.69, 9.17) is 21.4 Å². The quantitative estimate of drug-likeness (QED) is 0.655. The van der Waals surface area contributed by atoms with E-state index in [0.717, 1.165) is 6.07 Å². The normalized spacial score (nSPS) is 11.3. The molecule has 1 heterocycles. The third-order valence-corrected chi connectivity index (χ3v) is 3.82. The van der Waals surface area contributed by atoms with Crippen LogP contribution in [-0.2, 0) is 6.61 Å². The van der Waals surface area contributed by atoms with Gasteiger partial charge >= 0.3 is 12.3 Å². The van der Waals surface area contributed by atoms with Crippen LogP contribution < -0.4 is 9.47 Å². The van der Waals surface area contributed by atoms with Crippen LogP contribution in [0.3, 0.4) is 0 Å².